The summed E-state index contributed by atoms with van der Waals surface area (Å²) >= 11 is 0. The summed E-state index contributed by atoms with van der Waals surface area (Å²) in [5, 5.41) is 0. The number of nitrogens with zero attached hydrogens (tertiary/aromatic N) is 1. The summed E-state index contributed by atoms with van der Waals surface area (Å²) < 4.78 is 34.1. The molecular formula is C3H5FN2O3S. The van der Waals surface area contributed by atoms with Gasteiger partial charge in [0.2, 0.25) is 0 Å². The second-order valence-electron chi connectivity index (χ2n) is 1.17. The summed E-state index contributed by atoms with van der Waals surface area (Å²) in [7, 11) is -5.17. The van der Waals surface area contributed by atoms with Gasteiger partial charge in [0.25, 0.3) is 0 Å². The molecule has 0 aromatic carbocycles. The van der Waals surface area contributed by atoms with Crippen LogP contribution in [-0.2, 0) is 10.5 Å². The van der Waals surface area contributed by atoms with Gasteiger partial charge in [0.15, 0.2) is 0 Å². The molecule has 0 spiro atoms. The van der Waals surface area contributed by atoms with Crippen LogP contribution >= 0.6 is 0 Å². The predicted molar refractivity (Wildman–Crippen MR) is 31.2 cm³/mol. The fraction of sp³-hybridized carbons (Fsp3) is 0. The Hall–Kier alpha value is -0.950. The van der Waals surface area contributed by atoms with Gasteiger partial charge >= 0.3 is 10.5 Å². The monoisotopic (exact) mass is 168 g/mol. The molecule has 0 aliphatic rings. The zero-order valence-electron chi connectivity index (χ0n) is 4.73. The Balaban J connectivity index is 0.000000162. The van der Waals surface area contributed by atoms with Gasteiger partial charge in [0, 0.05) is 12.4 Å². The molecule has 0 saturated carbocycles. The smallest absolute Gasteiger partial charge is 0.351 e. The van der Waals surface area contributed by atoms with E-state index in [-0.39, 0.29) is 0 Å². The van der Waals surface area contributed by atoms with E-state index < -0.39 is 10.5 Å². The van der Waals surface area contributed by atoms with Crippen LogP contribution in [-0.4, -0.2) is 22.9 Å². The van der Waals surface area contributed by atoms with Crippen molar-refractivity contribution in [1.82, 2.24) is 9.97 Å². The minimum absolute atomic E-state index is 1.62. The van der Waals surface area contributed by atoms with Crippen molar-refractivity contribution >= 4 is 10.5 Å². The number of nitrogens with one attached hydrogen (secondary N) is 1. The molecule has 58 valence electrons. The highest BCUT2D eigenvalue weighted by Crippen LogP contribution is 1.74. The van der Waals surface area contributed by atoms with Gasteiger partial charge in [-0.1, -0.05) is 3.89 Å². The molecule has 0 aliphatic heterocycles. The van der Waals surface area contributed by atoms with E-state index in [0.29, 0.717) is 0 Å². The van der Waals surface area contributed by atoms with Gasteiger partial charge in [0.05, 0.1) is 6.33 Å². The molecule has 0 unspecified atom stereocenters. The van der Waals surface area contributed by atoms with E-state index in [1.165, 1.54) is 0 Å². The third-order valence-corrected chi connectivity index (χ3v) is 0.406. The second-order valence-corrected chi connectivity index (χ2v) is 2.00. The Morgan fingerprint density at radius 1 is 1.60 bits per heavy atom. The average molecular weight is 168 g/mol. The van der Waals surface area contributed by atoms with Crippen LogP contribution in [0.2, 0.25) is 0 Å². The molecular weight excluding hydrogens is 163 g/mol. The van der Waals surface area contributed by atoms with Crippen LogP contribution < -0.4 is 0 Å². The van der Waals surface area contributed by atoms with Gasteiger partial charge < -0.3 is 4.98 Å². The molecule has 7 heteroatoms. The zero-order valence-corrected chi connectivity index (χ0v) is 5.55. The summed E-state index contributed by atoms with van der Waals surface area (Å²) in [6, 6.07) is 0. The van der Waals surface area contributed by atoms with E-state index in [1.807, 2.05) is 0 Å². The van der Waals surface area contributed by atoms with Crippen molar-refractivity contribution in [3.05, 3.63) is 18.7 Å². The van der Waals surface area contributed by atoms with Crippen molar-refractivity contribution in [2.75, 3.05) is 0 Å². The topological polar surface area (TPSA) is 83.0 Å². The fourth-order valence-corrected chi connectivity index (χ4v) is 0.215. The van der Waals surface area contributed by atoms with Crippen molar-refractivity contribution < 1.29 is 16.9 Å². The molecule has 0 bridgehead atoms. The number of hydrogen-bond acceptors (Lipinski definition) is 3. The van der Waals surface area contributed by atoms with Gasteiger partial charge in [0.1, 0.15) is 0 Å². The number of imidazole rings is 1. The lowest BCUT2D eigenvalue weighted by molar-refractivity contribution is 0.435. The highest BCUT2D eigenvalue weighted by atomic mass is 32.3. The Bertz CT molecular complexity index is 218. The summed E-state index contributed by atoms with van der Waals surface area (Å²) in [5.41, 5.74) is 0. The minimum atomic E-state index is -5.17. The van der Waals surface area contributed by atoms with Crippen molar-refractivity contribution in [3.63, 3.8) is 0 Å². The van der Waals surface area contributed by atoms with Gasteiger partial charge in [-0.05, 0) is 0 Å². The Morgan fingerprint density at radius 2 is 2.10 bits per heavy atom. The molecule has 0 fully saturated rings. The molecule has 0 atom stereocenters. The van der Waals surface area contributed by atoms with Crippen molar-refractivity contribution in [2.45, 2.75) is 0 Å². The number of H-pyrrole nitrogens is 1. The minimum Gasteiger partial charge on any atom is -0.351 e. The Morgan fingerprint density at radius 3 is 2.20 bits per heavy atom. The number of hydrogen-bond donors (Lipinski definition) is 2. The molecule has 0 amide bonds. The lowest BCUT2D eigenvalue weighted by atomic mass is 11.0. The van der Waals surface area contributed by atoms with E-state index in [4.69, 9.17) is 13.0 Å². The standard InChI is InChI=1S/C3H4N2.FHO3S/c1-2-5-3-4-1;1-5(2,3)4/h1-3H,(H,4,5);(H,2,3,4). The first-order chi connectivity index (χ1) is 4.50. The van der Waals surface area contributed by atoms with Crippen LogP contribution in [0.3, 0.4) is 0 Å². The summed E-state index contributed by atoms with van der Waals surface area (Å²) in [5.74, 6) is 0. The first kappa shape index (κ1) is 9.05. The summed E-state index contributed by atoms with van der Waals surface area (Å²) in [4.78, 5) is 6.42. The average Bonchev–Trinajstić information content (AvgIpc) is 2.07. The number of rotatable bonds is 0. The van der Waals surface area contributed by atoms with E-state index in [1.54, 1.807) is 18.7 Å². The van der Waals surface area contributed by atoms with Gasteiger partial charge in [-0.3, -0.25) is 4.55 Å². The lowest BCUT2D eigenvalue weighted by Crippen LogP contribution is -1.80. The highest BCUT2D eigenvalue weighted by molar-refractivity contribution is 7.80. The van der Waals surface area contributed by atoms with E-state index in [0.717, 1.165) is 0 Å². The first-order valence-electron chi connectivity index (χ1n) is 2.10. The van der Waals surface area contributed by atoms with Crippen LogP contribution in [0, 0.1) is 0 Å². The van der Waals surface area contributed by atoms with Crippen LogP contribution in [0.15, 0.2) is 18.7 Å². The molecule has 2 N–H and O–H groups in total. The summed E-state index contributed by atoms with van der Waals surface area (Å²) in [6.07, 6.45) is 5.08. The highest BCUT2D eigenvalue weighted by Gasteiger charge is 1.89. The van der Waals surface area contributed by atoms with Crippen LogP contribution in [0.25, 0.3) is 0 Å². The zero-order chi connectivity index (χ0) is 8.04. The quantitative estimate of drug-likeness (QED) is 0.427. The molecule has 0 aliphatic carbocycles. The third-order valence-electron chi connectivity index (χ3n) is 0.406. The molecule has 0 radical (unpaired) electrons. The molecule has 1 aromatic rings. The molecule has 0 saturated heterocycles. The Kier molecular flexibility index (Phi) is 3.59. The van der Waals surface area contributed by atoms with E-state index in [2.05, 4.69) is 9.97 Å². The fourth-order valence-electron chi connectivity index (χ4n) is 0.215. The third kappa shape index (κ3) is 15.7. The van der Waals surface area contributed by atoms with Crippen molar-refractivity contribution in [3.8, 4) is 0 Å². The normalized spacial score (nSPS) is 9.80. The van der Waals surface area contributed by atoms with Crippen molar-refractivity contribution in [1.29, 1.82) is 0 Å². The van der Waals surface area contributed by atoms with Gasteiger partial charge in [-0.15, -0.1) is 0 Å². The largest absolute Gasteiger partial charge is 0.435 e. The number of aromatic amines is 1. The molecule has 5 nitrogen and oxygen atoms in total. The molecule has 10 heavy (non-hydrogen) atoms. The lowest BCUT2D eigenvalue weighted by Gasteiger charge is -1.63. The summed E-state index contributed by atoms with van der Waals surface area (Å²) in [6.45, 7) is 0. The maximum Gasteiger partial charge on any atom is 0.435 e. The molecule has 1 heterocycles. The maximum absolute atomic E-state index is 10.2. The van der Waals surface area contributed by atoms with Crippen molar-refractivity contribution in [2.24, 2.45) is 0 Å². The molecule has 1 aromatic heterocycles. The second kappa shape index (κ2) is 3.96. The first-order valence-corrected chi connectivity index (χ1v) is 3.44. The van der Waals surface area contributed by atoms with E-state index >= 15 is 0 Å². The van der Waals surface area contributed by atoms with Crippen LogP contribution in [0.4, 0.5) is 3.89 Å². The van der Waals surface area contributed by atoms with E-state index in [9.17, 15) is 3.89 Å². The van der Waals surface area contributed by atoms with Gasteiger partial charge in [-0.25, -0.2) is 4.98 Å². The van der Waals surface area contributed by atoms with Gasteiger partial charge in [-0.2, -0.15) is 8.42 Å². The SMILES string of the molecule is O=S(=O)(O)F.c1c[nH]cn1. The predicted octanol–water partition coefficient (Wildman–Crippen LogP) is 0.168. The Labute approximate surface area is 57.0 Å². The number of aromatic nitrogens is 2. The van der Waals surface area contributed by atoms with Crippen LogP contribution in [0.1, 0.15) is 0 Å². The molecule has 1 rings (SSSR count). The van der Waals surface area contributed by atoms with Crippen LogP contribution in [0.5, 0.6) is 0 Å². The maximum atomic E-state index is 10.2. The number of halogens is 1.